The van der Waals surface area contributed by atoms with Crippen molar-refractivity contribution in [3.8, 4) is 11.5 Å². The van der Waals surface area contributed by atoms with Crippen molar-refractivity contribution >= 4 is 23.2 Å². The van der Waals surface area contributed by atoms with Gasteiger partial charge in [0.2, 0.25) is 5.91 Å². The third-order valence-corrected chi connectivity index (χ3v) is 4.74. The van der Waals surface area contributed by atoms with Crippen LogP contribution >= 0.6 is 12.2 Å². The quantitative estimate of drug-likeness (QED) is 0.689. The van der Waals surface area contributed by atoms with Gasteiger partial charge in [-0.1, -0.05) is 0 Å². The zero-order valence-corrected chi connectivity index (χ0v) is 16.6. The fourth-order valence-electron chi connectivity index (χ4n) is 3.14. The molecule has 0 aliphatic carbocycles. The topological polar surface area (TPSA) is 72.1 Å². The van der Waals surface area contributed by atoms with E-state index < -0.39 is 0 Å². The Kier molecular flexibility index (Phi) is 7.47. The lowest BCUT2D eigenvalue weighted by atomic mass is 9.92. The standard InChI is InChI=1S/C18H27N3O4S/c1-5-19-18(26)21-7-6-12-8-15(24-3)16(25-4)9-13(12)14(21)10-20-17(22)11-23-2/h8-9,14H,5-7,10-11H2,1-4H3,(H,19,26)(H,20,22)/t14-/m0/s1. The number of thiocarbonyl (C=S) groups is 1. The average molecular weight is 381 g/mol. The maximum atomic E-state index is 11.9. The molecule has 1 aromatic rings. The summed E-state index contributed by atoms with van der Waals surface area (Å²) in [4.78, 5) is 14.0. The zero-order chi connectivity index (χ0) is 19.1. The summed E-state index contributed by atoms with van der Waals surface area (Å²) in [5, 5.41) is 6.81. The molecule has 2 rings (SSSR count). The SMILES string of the molecule is CCNC(=S)N1CCc2cc(OC)c(OC)cc2[C@@H]1CNC(=O)COC. The van der Waals surface area contributed by atoms with Gasteiger partial charge in [0, 0.05) is 26.7 Å². The van der Waals surface area contributed by atoms with Crippen molar-refractivity contribution in [3.63, 3.8) is 0 Å². The van der Waals surface area contributed by atoms with Crippen LogP contribution in [-0.4, -0.2) is 63.5 Å². The molecule has 1 amide bonds. The van der Waals surface area contributed by atoms with Crippen LogP contribution in [0, 0.1) is 0 Å². The second-order valence-corrected chi connectivity index (χ2v) is 6.32. The van der Waals surface area contributed by atoms with Crippen LogP contribution in [0.4, 0.5) is 0 Å². The van der Waals surface area contributed by atoms with E-state index in [1.54, 1.807) is 14.2 Å². The Morgan fingerprint density at radius 1 is 1.23 bits per heavy atom. The van der Waals surface area contributed by atoms with Crippen LogP contribution < -0.4 is 20.1 Å². The van der Waals surface area contributed by atoms with E-state index in [1.807, 2.05) is 19.1 Å². The second-order valence-electron chi connectivity index (χ2n) is 5.94. The van der Waals surface area contributed by atoms with Crippen LogP contribution in [0.3, 0.4) is 0 Å². The fourth-order valence-corrected chi connectivity index (χ4v) is 3.50. The largest absolute Gasteiger partial charge is 0.493 e. The molecule has 0 bridgehead atoms. The van der Waals surface area contributed by atoms with Crippen LogP contribution in [0.1, 0.15) is 24.1 Å². The normalized spacial score (nSPS) is 15.8. The molecule has 0 fully saturated rings. The number of rotatable bonds is 7. The summed E-state index contributed by atoms with van der Waals surface area (Å²) in [7, 11) is 4.74. The van der Waals surface area contributed by atoms with E-state index in [0.29, 0.717) is 23.2 Å². The number of carbonyl (C=O) groups is 1. The van der Waals surface area contributed by atoms with Gasteiger partial charge >= 0.3 is 0 Å². The van der Waals surface area contributed by atoms with Gasteiger partial charge < -0.3 is 29.7 Å². The molecule has 144 valence electrons. The first kappa shape index (κ1) is 20.3. The molecule has 1 heterocycles. The fraction of sp³-hybridized carbons (Fsp3) is 0.556. The smallest absolute Gasteiger partial charge is 0.246 e. The number of nitrogens with one attached hydrogen (secondary N) is 2. The van der Waals surface area contributed by atoms with Crippen molar-refractivity contribution in [2.45, 2.75) is 19.4 Å². The van der Waals surface area contributed by atoms with Crippen LogP contribution in [0.5, 0.6) is 11.5 Å². The lowest BCUT2D eigenvalue weighted by Crippen LogP contribution is -2.49. The Labute approximate surface area is 160 Å². The number of hydrogen-bond donors (Lipinski definition) is 2. The summed E-state index contributed by atoms with van der Waals surface area (Å²) in [6, 6.07) is 3.89. The Balaban J connectivity index is 2.35. The predicted molar refractivity (Wildman–Crippen MR) is 104 cm³/mol. The monoisotopic (exact) mass is 381 g/mol. The lowest BCUT2D eigenvalue weighted by molar-refractivity contribution is -0.124. The number of amides is 1. The molecule has 8 heteroatoms. The molecule has 26 heavy (non-hydrogen) atoms. The highest BCUT2D eigenvalue weighted by Gasteiger charge is 2.30. The highest BCUT2D eigenvalue weighted by Crippen LogP contribution is 2.37. The van der Waals surface area contributed by atoms with Crippen LogP contribution in [0.25, 0.3) is 0 Å². The van der Waals surface area contributed by atoms with Gasteiger partial charge in [0.05, 0.1) is 20.3 Å². The van der Waals surface area contributed by atoms with Gasteiger partial charge in [0.15, 0.2) is 16.6 Å². The van der Waals surface area contributed by atoms with E-state index in [2.05, 4.69) is 15.5 Å². The van der Waals surface area contributed by atoms with Gasteiger partial charge in [-0.05, 0) is 48.8 Å². The summed E-state index contributed by atoms with van der Waals surface area (Å²) in [5.41, 5.74) is 2.25. The molecule has 1 aromatic carbocycles. The molecular weight excluding hydrogens is 354 g/mol. The Morgan fingerprint density at radius 3 is 2.54 bits per heavy atom. The summed E-state index contributed by atoms with van der Waals surface area (Å²) < 4.78 is 15.8. The molecule has 2 N–H and O–H groups in total. The average Bonchev–Trinajstić information content (AvgIpc) is 2.65. The number of carbonyl (C=O) groups excluding carboxylic acids is 1. The molecule has 0 radical (unpaired) electrons. The van der Waals surface area contributed by atoms with Crippen molar-refractivity contribution in [2.75, 3.05) is 47.6 Å². The Bertz CT molecular complexity index is 654. The molecule has 0 aromatic heterocycles. The molecule has 1 atom stereocenters. The Hall–Kier alpha value is -2.06. The summed E-state index contributed by atoms with van der Waals surface area (Å²) in [5.74, 6) is 1.21. The molecule has 1 aliphatic heterocycles. The minimum absolute atomic E-state index is 0.0309. The number of ether oxygens (including phenoxy) is 3. The van der Waals surface area contributed by atoms with E-state index in [-0.39, 0.29) is 18.6 Å². The third-order valence-electron chi connectivity index (χ3n) is 4.36. The molecule has 0 saturated carbocycles. The molecule has 0 saturated heterocycles. The Morgan fingerprint density at radius 2 is 1.92 bits per heavy atom. The first-order valence-corrected chi connectivity index (χ1v) is 9.01. The summed E-state index contributed by atoms with van der Waals surface area (Å²) in [6.07, 6.45) is 0.837. The second kappa shape index (κ2) is 9.59. The van der Waals surface area contributed by atoms with Crippen molar-refractivity contribution in [1.29, 1.82) is 0 Å². The van der Waals surface area contributed by atoms with Crippen LogP contribution in [-0.2, 0) is 16.0 Å². The number of hydrogen-bond acceptors (Lipinski definition) is 5. The molecule has 0 unspecified atom stereocenters. The first-order chi connectivity index (χ1) is 12.5. The highest BCUT2D eigenvalue weighted by atomic mass is 32.1. The zero-order valence-electron chi connectivity index (χ0n) is 15.8. The van der Waals surface area contributed by atoms with Crippen molar-refractivity contribution in [3.05, 3.63) is 23.3 Å². The maximum absolute atomic E-state index is 11.9. The molecular formula is C18H27N3O4S. The number of nitrogens with zero attached hydrogens (tertiary/aromatic N) is 1. The van der Waals surface area contributed by atoms with Crippen molar-refractivity contribution in [1.82, 2.24) is 15.5 Å². The van der Waals surface area contributed by atoms with Gasteiger partial charge in [-0.2, -0.15) is 0 Å². The van der Waals surface area contributed by atoms with E-state index >= 15 is 0 Å². The molecule has 1 aliphatic rings. The van der Waals surface area contributed by atoms with Gasteiger partial charge in [-0.25, -0.2) is 0 Å². The van der Waals surface area contributed by atoms with E-state index in [9.17, 15) is 4.79 Å². The summed E-state index contributed by atoms with van der Waals surface area (Å²) in [6.45, 7) is 3.98. The van der Waals surface area contributed by atoms with E-state index in [1.165, 1.54) is 12.7 Å². The van der Waals surface area contributed by atoms with Gasteiger partial charge in [0.1, 0.15) is 6.61 Å². The van der Waals surface area contributed by atoms with Crippen LogP contribution in [0.15, 0.2) is 12.1 Å². The van der Waals surface area contributed by atoms with Crippen molar-refractivity contribution < 1.29 is 19.0 Å². The number of benzene rings is 1. The summed E-state index contributed by atoms with van der Waals surface area (Å²) >= 11 is 5.54. The van der Waals surface area contributed by atoms with E-state index in [4.69, 9.17) is 26.4 Å². The third kappa shape index (κ3) is 4.56. The predicted octanol–water partition coefficient (Wildman–Crippen LogP) is 1.26. The van der Waals surface area contributed by atoms with Gasteiger partial charge in [-0.15, -0.1) is 0 Å². The first-order valence-electron chi connectivity index (χ1n) is 8.60. The van der Waals surface area contributed by atoms with Crippen molar-refractivity contribution in [2.24, 2.45) is 0 Å². The minimum atomic E-state index is -0.158. The maximum Gasteiger partial charge on any atom is 0.246 e. The van der Waals surface area contributed by atoms with E-state index in [0.717, 1.165) is 25.1 Å². The highest BCUT2D eigenvalue weighted by molar-refractivity contribution is 7.80. The minimum Gasteiger partial charge on any atom is -0.493 e. The van der Waals surface area contributed by atoms with Crippen LogP contribution in [0.2, 0.25) is 0 Å². The van der Waals surface area contributed by atoms with Gasteiger partial charge in [0.25, 0.3) is 0 Å². The molecule has 0 spiro atoms. The number of fused-ring (bicyclic) bond motifs is 1. The lowest BCUT2D eigenvalue weighted by Gasteiger charge is -2.39. The number of methoxy groups -OCH3 is 3. The molecule has 7 nitrogen and oxygen atoms in total. The van der Waals surface area contributed by atoms with Gasteiger partial charge in [-0.3, -0.25) is 4.79 Å².